The van der Waals surface area contributed by atoms with Crippen LogP contribution in [0.2, 0.25) is 0 Å². The van der Waals surface area contributed by atoms with Crippen LogP contribution in [0.4, 0.5) is 0 Å². The molecule has 0 bridgehead atoms. The van der Waals surface area contributed by atoms with E-state index in [4.69, 9.17) is 5.26 Å². The van der Waals surface area contributed by atoms with Gasteiger partial charge in [0.15, 0.2) is 0 Å². The van der Waals surface area contributed by atoms with Crippen LogP contribution in [-0.4, -0.2) is 4.98 Å². The highest BCUT2D eigenvalue weighted by Gasteiger charge is 1.98. The van der Waals surface area contributed by atoms with Crippen LogP contribution in [0.3, 0.4) is 0 Å². The lowest BCUT2D eigenvalue weighted by Gasteiger charge is -1.99. The molecule has 2 aromatic rings. The number of hydrogen-bond acceptors (Lipinski definition) is 2. The number of hydrogen-bond donors (Lipinski definition) is 0. The van der Waals surface area contributed by atoms with Crippen LogP contribution in [-0.2, 0) is 0 Å². The summed E-state index contributed by atoms with van der Waals surface area (Å²) in [6.07, 6.45) is 1.74. The third kappa shape index (κ3) is 1.62. The van der Waals surface area contributed by atoms with Gasteiger partial charge in [-0.05, 0) is 24.3 Å². The summed E-state index contributed by atoms with van der Waals surface area (Å²) in [5.41, 5.74) is 2.53. The van der Waals surface area contributed by atoms with Crippen molar-refractivity contribution in [3.8, 4) is 17.3 Å². The van der Waals surface area contributed by atoms with Crippen molar-refractivity contribution in [2.24, 2.45) is 0 Å². The Morgan fingerprint density at radius 1 is 1.07 bits per heavy atom. The Morgan fingerprint density at radius 2 is 2.00 bits per heavy atom. The molecule has 0 aliphatic rings. The molecule has 2 rings (SSSR count). The van der Waals surface area contributed by atoms with Crippen LogP contribution in [0.25, 0.3) is 11.3 Å². The van der Waals surface area contributed by atoms with Crippen molar-refractivity contribution in [3.05, 3.63) is 54.2 Å². The molecule has 1 aromatic heterocycles. The van der Waals surface area contributed by atoms with E-state index in [0.717, 1.165) is 11.3 Å². The van der Waals surface area contributed by atoms with Crippen molar-refractivity contribution in [2.75, 3.05) is 0 Å². The van der Waals surface area contributed by atoms with Crippen molar-refractivity contribution in [2.45, 2.75) is 0 Å². The molecule has 1 aromatic carbocycles. The number of pyridine rings is 1. The second kappa shape index (κ2) is 3.71. The fourth-order valence-corrected chi connectivity index (χ4v) is 1.28. The van der Waals surface area contributed by atoms with E-state index in [-0.39, 0.29) is 0 Å². The maximum Gasteiger partial charge on any atom is 0.0991 e. The van der Waals surface area contributed by atoms with E-state index in [0.29, 0.717) is 5.56 Å². The smallest absolute Gasteiger partial charge is 0.0991 e. The highest BCUT2D eigenvalue weighted by atomic mass is 14.7. The first-order valence-electron chi connectivity index (χ1n) is 4.32. The molecule has 0 fully saturated rings. The standard InChI is InChI=1S/C12H8N2/c13-9-10-4-3-5-11(8-10)12-6-1-2-7-14-12/h1-8H. The van der Waals surface area contributed by atoms with E-state index in [9.17, 15) is 0 Å². The molecular weight excluding hydrogens is 172 g/mol. The Labute approximate surface area is 82.5 Å². The van der Waals surface area contributed by atoms with Crippen molar-refractivity contribution >= 4 is 0 Å². The molecule has 0 spiro atoms. The number of benzene rings is 1. The van der Waals surface area contributed by atoms with Gasteiger partial charge in [-0.25, -0.2) is 0 Å². The maximum absolute atomic E-state index is 8.74. The second-order valence-corrected chi connectivity index (χ2v) is 2.91. The minimum atomic E-state index is 0.660. The third-order valence-corrected chi connectivity index (χ3v) is 1.95. The summed E-state index contributed by atoms with van der Waals surface area (Å²) in [4.78, 5) is 4.21. The molecule has 0 unspecified atom stereocenters. The molecule has 0 aliphatic carbocycles. The average molecular weight is 180 g/mol. The first-order chi connectivity index (χ1) is 6.90. The molecule has 2 nitrogen and oxygen atoms in total. The Morgan fingerprint density at radius 3 is 2.71 bits per heavy atom. The number of nitriles is 1. The molecule has 0 saturated heterocycles. The van der Waals surface area contributed by atoms with Gasteiger partial charge in [-0.1, -0.05) is 18.2 Å². The number of rotatable bonds is 1. The van der Waals surface area contributed by atoms with Crippen LogP contribution >= 0.6 is 0 Å². The van der Waals surface area contributed by atoms with Gasteiger partial charge in [0.1, 0.15) is 0 Å². The second-order valence-electron chi connectivity index (χ2n) is 2.91. The highest BCUT2D eigenvalue weighted by molar-refractivity contribution is 5.60. The quantitative estimate of drug-likeness (QED) is 0.676. The zero-order chi connectivity index (χ0) is 9.80. The molecule has 0 amide bonds. The van der Waals surface area contributed by atoms with Crippen LogP contribution in [0.5, 0.6) is 0 Å². The van der Waals surface area contributed by atoms with Crippen molar-refractivity contribution in [3.63, 3.8) is 0 Å². The monoisotopic (exact) mass is 180 g/mol. The Balaban J connectivity index is 2.49. The lowest BCUT2D eigenvalue weighted by Crippen LogP contribution is -1.82. The number of nitrogens with zero attached hydrogens (tertiary/aromatic N) is 2. The van der Waals surface area contributed by atoms with Gasteiger partial charge in [0.2, 0.25) is 0 Å². The predicted octanol–water partition coefficient (Wildman–Crippen LogP) is 2.62. The fourth-order valence-electron chi connectivity index (χ4n) is 1.28. The van der Waals surface area contributed by atoms with Crippen LogP contribution in [0, 0.1) is 11.3 Å². The zero-order valence-electron chi connectivity index (χ0n) is 7.51. The molecule has 14 heavy (non-hydrogen) atoms. The molecule has 0 aliphatic heterocycles. The molecule has 0 saturated carbocycles. The van der Waals surface area contributed by atoms with Gasteiger partial charge in [0.05, 0.1) is 17.3 Å². The van der Waals surface area contributed by atoms with E-state index in [2.05, 4.69) is 11.1 Å². The molecule has 0 radical (unpaired) electrons. The van der Waals surface area contributed by atoms with Crippen molar-refractivity contribution in [1.82, 2.24) is 4.98 Å². The average Bonchev–Trinajstić information content (AvgIpc) is 2.30. The summed E-state index contributed by atoms with van der Waals surface area (Å²) < 4.78 is 0. The Hall–Kier alpha value is -2.14. The largest absolute Gasteiger partial charge is 0.256 e. The summed E-state index contributed by atoms with van der Waals surface area (Å²) >= 11 is 0. The van der Waals surface area contributed by atoms with Gasteiger partial charge < -0.3 is 0 Å². The summed E-state index contributed by atoms with van der Waals surface area (Å²) in [5, 5.41) is 8.74. The summed E-state index contributed by atoms with van der Waals surface area (Å²) in [6, 6.07) is 15.3. The lowest BCUT2D eigenvalue weighted by atomic mass is 10.1. The number of aromatic nitrogens is 1. The van der Waals surface area contributed by atoms with Gasteiger partial charge in [-0.15, -0.1) is 0 Å². The summed E-state index contributed by atoms with van der Waals surface area (Å²) in [7, 11) is 0. The van der Waals surface area contributed by atoms with E-state index < -0.39 is 0 Å². The molecule has 66 valence electrons. The fraction of sp³-hybridized carbons (Fsp3) is 0. The Kier molecular flexibility index (Phi) is 2.24. The van der Waals surface area contributed by atoms with E-state index in [1.165, 1.54) is 0 Å². The topological polar surface area (TPSA) is 36.7 Å². The minimum absolute atomic E-state index is 0.660. The third-order valence-electron chi connectivity index (χ3n) is 1.95. The van der Waals surface area contributed by atoms with Gasteiger partial charge in [-0.3, -0.25) is 4.98 Å². The van der Waals surface area contributed by atoms with E-state index in [1.54, 1.807) is 12.3 Å². The van der Waals surface area contributed by atoms with Gasteiger partial charge in [0.25, 0.3) is 0 Å². The molecular formula is C12H8N2. The highest BCUT2D eigenvalue weighted by Crippen LogP contribution is 2.16. The summed E-state index contributed by atoms with van der Waals surface area (Å²) in [5.74, 6) is 0. The Bertz CT molecular complexity index is 469. The van der Waals surface area contributed by atoms with E-state index in [1.807, 2.05) is 36.4 Å². The van der Waals surface area contributed by atoms with Gasteiger partial charge in [0, 0.05) is 11.8 Å². The normalized spacial score (nSPS) is 9.36. The SMILES string of the molecule is N#Cc1cccc(-c2ccccn2)c1. The summed E-state index contributed by atoms with van der Waals surface area (Å²) in [6.45, 7) is 0. The van der Waals surface area contributed by atoms with Crippen molar-refractivity contribution in [1.29, 1.82) is 5.26 Å². The van der Waals surface area contributed by atoms with Gasteiger partial charge in [-0.2, -0.15) is 5.26 Å². The van der Waals surface area contributed by atoms with E-state index >= 15 is 0 Å². The minimum Gasteiger partial charge on any atom is -0.256 e. The van der Waals surface area contributed by atoms with Crippen LogP contribution in [0.1, 0.15) is 5.56 Å². The first kappa shape index (κ1) is 8.46. The van der Waals surface area contributed by atoms with Crippen molar-refractivity contribution < 1.29 is 0 Å². The molecule has 0 atom stereocenters. The van der Waals surface area contributed by atoms with Crippen LogP contribution in [0.15, 0.2) is 48.7 Å². The first-order valence-corrected chi connectivity index (χ1v) is 4.32. The zero-order valence-corrected chi connectivity index (χ0v) is 7.51. The maximum atomic E-state index is 8.74. The van der Waals surface area contributed by atoms with Crippen LogP contribution < -0.4 is 0 Å². The predicted molar refractivity (Wildman–Crippen MR) is 54.4 cm³/mol. The lowest BCUT2D eigenvalue weighted by molar-refractivity contribution is 1.32. The molecule has 1 heterocycles. The molecule has 0 N–H and O–H groups in total. The molecule has 2 heteroatoms. The van der Waals surface area contributed by atoms with Gasteiger partial charge >= 0.3 is 0 Å².